The standard InChI is InChI=1S/C28H30ClN3O3/c1-35-25-14-12-24(13-15-25)31-16-5-17-32(19-18-31)28(34)26(20-21-6-3-2-4-7-21)30-27(33)22-8-10-23(29)11-9-22/h2-4,6-15,26H,5,16-20H2,1H3,(H,30,33). The fraction of sp³-hybridized carbons (Fsp3) is 0.286. The number of benzene rings is 3. The predicted molar refractivity (Wildman–Crippen MR) is 139 cm³/mol. The largest absolute Gasteiger partial charge is 0.497 e. The Morgan fingerprint density at radius 2 is 1.63 bits per heavy atom. The molecule has 6 nitrogen and oxygen atoms in total. The number of rotatable bonds is 7. The molecule has 0 radical (unpaired) electrons. The van der Waals surface area contributed by atoms with Gasteiger partial charge in [0.25, 0.3) is 5.91 Å². The Morgan fingerprint density at radius 1 is 0.914 bits per heavy atom. The maximum Gasteiger partial charge on any atom is 0.251 e. The van der Waals surface area contributed by atoms with Crippen molar-refractivity contribution in [1.29, 1.82) is 0 Å². The number of nitrogens with zero attached hydrogens (tertiary/aromatic N) is 2. The molecule has 3 aromatic rings. The summed E-state index contributed by atoms with van der Waals surface area (Å²) in [7, 11) is 1.65. The molecule has 0 spiro atoms. The van der Waals surface area contributed by atoms with Crippen LogP contribution in [0.25, 0.3) is 0 Å². The second-order valence-electron chi connectivity index (χ2n) is 8.59. The molecular weight excluding hydrogens is 462 g/mol. The quantitative estimate of drug-likeness (QED) is 0.531. The fourth-order valence-electron chi connectivity index (χ4n) is 4.30. The fourth-order valence-corrected chi connectivity index (χ4v) is 4.43. The third kappa shape index (κ3) is 6.55. The third-order valence-corrected chi connectivity index (χ3v) is 6.49. The van der Waals surface area contributed by atoms with Crippen molar-refractivity contribution < 1.29 is 14.3 Å². The molecule has 2 amide bonds. The number of nitrogens with one attached hydrogen (secondary N) is 1. The van der Waals surface area contributed by atoms with E-state index in [9.17, 15) is 9.59 Å². The Morgan fingerprint density at radius 3 is 2.31 bits per heavy atom. The van der Waals surface area contributed by atoms with Crippen molar-refractivity contribution in [3.63, 3.8) is 0 Å². The zero-order valence-electron chi connectivity index (χ0n) is 19.8. The molecule has 0 bridgehead atoms. The zero-order chi connectivity index (χ0) is 24.6. The molecular formula is C28H30ClN3O3. The van der Waals surface area contributed by atoms with Crippen molar-refractivity contribution >= 4 is 29.1 Å². The summed E-state index contributed by atoms with van der Waals surface area (Å²) in [6.45, 7) is 2.82. The maximum atomic E-state index is 13.7. The van der Waals surface area contributed by atoms with E-state index in [0.29, 0.717) is 30.1 Å². The van der Waals surface area contributed by atoms with Gasteiger partial charge in [-0.3, -0.25) is 9.59 Å². The number of carbonyl (C=O) groups excluding carboxylic acids is 2. The summed E-state index contributed by atoms with van der Waals surface area (Å²) in [6.07, 6.45) is 1.28. The molecule has 1 aliphatic rings. The zero-order valence-corrected chi connectivity index (χ0v) is 20.6. The number of halogens is 1. The first-order chi connectivity index (χ1) is 17.0. The Labute approximate surface area is 211 Å². The van der Waals surface area contributed by atoms with E-state index in [4.69, 9.17) is 16.3 Å². The highest BCUT2D eigenvalue weighted by Crippen LogP contribution is 2.21. The first-order valence-corrected chi connectivity index (χ1v) is 12.2. The molecule has 1 aliphatic heterocycles. The van der Waals surface area contributed by atoms with E-state index in [-0.39, 0.29) is 11.8 Å². The van der Waals surface area contributed by atoms with E-state index in [2.05, 4.69) is 10.2 Å². The van der Waals surface area contributed by atoms with Gasteiger partial charge in [0.15, 0.2) is 0 Å². The van der Waals surface area contributed by atoms with Crippen LogP contribution in [0.5, 0.6) is 5.75 Å². The van der Waals surface area contributed by atoms with Crippen LogP contribution in [-0.2, 0) is 11.2 Å². The summed E-state index contributed by atoms with van der Waals surface area (Å²) in [5.74, 6) is 0.471. The predicted octanol–water partition coefficient (Wildman–Crippen LogP) is 4.43. The Kier molecular flexibility index (Phi) is 8.27. The summed E-state index contributed by atoms with van der Waals surface area (Å²) in [5.41, 5.74) is 2.58. The molecule has 1 unspecified atom stereocenters. The lowest BCUT2D eigenvalue weighted by Crippen LogP contribution is -2.50. The molecule has 1 fully saturated rings. The molecule has 3 aromatic carbocycles. The highest BCUT2D eigenvalue weighted by atomic mass is 35.5. The third-order valence-electron chi connectivity index (χ3n) is 6.24. The van der Waals surface area contributed by atoms with Gasteiger partial charge in [-0.05, 0) is 60.5 Å². The van der Waals surface area contributed by atoms with Crippen molar-refractivity contribution in [2.45, 2.75) is 18.9 Å². The van der Waals surface area contributed by atoms with Crippen LogP contribution in [0.15, 0.2) is 78.9 Å². The van der Waals surface area contributed by atoms with Gasteiger partial charge in [-0.2, -0.15) is 0 Å². The van der Waals surface area contributed by atoms with Crippen LogP contribution in [0, 0.1) is 0 Å². The molecule has 1 heterocycles. The molecule has 1 N–H and O–H groups in total. The number of carbonyl (C=O) groups is 2. The van der Waals surface area contributed by atoms with Crippen molar-refractivity contribution in [3.05, 3.63) is 95.0 Å². The summed E-state index contributed by atoms with van der Waals surface area (Å²) in [4.78, 5) is 30.8. The Bertz CT molecular complexity index is 1120. The molecule has 4 rings (SSSR count). The van der Waals surface area contributed by atoms with Gasteiger partial charge in [0, 0.05) is 48.9 Å². The van der Waals surface area contributed by atoms with Gasteiger partial charge in [-0.15, -0.1) is 0 Å². The lowest BCUT2D eigenvalue weighted by Gasteiger charge is -2.27. The van der Waals surface area contributed by atoms with Crippen LogP contribution in [-0.4, -0.2) is 56.0 Å². The highest BCUT2D eigenvalue weighted by Gasteiger charge is 2.28. The van der Waals surface area contributed by atoms with E-state index in [1.807, 2.05) is 59.5 Å². The average molecular weight is 492 g/mol. The van der Waals surface area contributed by atoms with Gasteiger partial charge in [-0.1, -0.05) is 41.9 Å². The molecule has 1 atom stereocenters. The van der Waals surface area contributed by atoms with E-state index in [1.165, 1.54) is 0 Å². The van der Waals surface area contributed by atoms with Crippen molar-refractivity contribution in [1.82, 2.24) is 10.2 Å². The molecule has 1 saturated heterocycles. The monoisotopic (exact) mass is 491 g/mol. The Hall–Kier alpha value is -3.51. The van der Waals surface area contributed by atoms with E-state index >= 15 is 0 Å². The minimum atomic E-state index is -0.659. The topological polar surface area (TPSA) is 61.9 Å². The lowest BCUT2D eigenvalue weighted by atomic mass is 10.0. The number of methoxy groups -OCH3 is 1. The highest BCUT2D eigenvalue weighted by molar-refractivity contribution is 6.30. The molecule has 0 aliphatic carbocycles. The SMILES string of the molecule is COc1ccc(N2CCCN(C(=O)C(Cc3ccccc3)NC(=O)c3ccc(Cl)cc3)CC2)cc1. The Balaban J connectivity index is 1.47. The maximum absolute atomic E-state index is 13.7. The van der Waals surface area contributed by atoms with E-state index in [1.54, 1.807) is 31.4 Å². The molecule has 35 heavy (non-hydrogen) atoms. The van der Waals surface area contributed by atoms with Crippen LogP contribution >= 0.6 is 11.6 Å². The van der Waals surface area contributed by atoms with Crippen molar-refractivity contribution in [2.24, 2.45) is 0 Å². The first-order valence-electron chi connectivity index (χ1n) is 11.8. The summed E-state index contributed by atoms with van der Waals surface area (Å²) >= 11 is 5.97. The number of amides is 2. The second kappa shape index (κ2) is 11.8. The van der Waals surface area contributed by atoms with Gasteiger partial charge in [-0.25, -0.2) is 0 Å². The molecule has 0 saturated carbocycles. The number of hydrogen-bond donors (Lipinski definition) is 1. The van der Waals surface area contributed by atoms with Crippen LogP contribution < -0.4 is 15.0 Å². The minimum Gasteiger partial charge on any atom is -0.497 e. The van der Waals surface area contributed by atoms with Gasteiger partial charge >= 0.3 is 0 Å². The smallest absolute Gasteiger partial charge is 0.251 e. The van der Waals surface area contributed by atoms with Crippen LogP contribution in [0.1, 0.15) is 22.3 Å². The second-order valence-corrected chi connectivity index (χ2v) is 9.02. The summed E-state index contributed by atoms with van der Waals surface area (Å²) in [5, 5.41) is 3.53. The number of ether oxygens (including phenoxy) is 1. The number of hydrogen-bond acceptors (Lipinski definition) is 4. The van der Waals surface area contributed by atoms with Crippen LogP contribution in [0.4, 0.5) is 5.69 Å². The van der Waals surface area contributed by atoms with Crippen molar-refractivity contribution in [2.75, 3.05) is 38.2 Å². The average Bonchev–Trinajstić information content (AvgIpc) is 3.15. The molecule has 7 heteroatoms. The lowest BCUT2D eigenvalue weighted by molar-refractivity contribution is -0.133. The van der Waals surface area contributed by atoms with Crippen molar-refractivity contribution in [3.8, 4) is 5.75 Å². The minimum absolute atomic E-state index is 0.0623. The molecule has 0 aromatic heterocycles. The van der Waals surface area contributed by atoms with Gasteiger partial charge in [0.05, 0.1) is 7.11 Å². The normalized spacial score (nSPS) is 14.7. The van der Waals surface area contributed by atoms with Gasteiger partial charge in [0.2, 0.25) is 5.91 Å². The summed E-state index contributed by atoms with van der Waals surface area (Å²) in [6, 6.07) is 23.8. The van der Waals surface area contributed by atoms with Crippen LogP contribution in [0.2, 0.25) is 5.02 Å². The van der Waals surface area contributed by atoms with E-state index < -0.39 is 6.04 Å². The summed E-state index contributed by atoms with van der Waals surface area (Å²) < 4.78 is 5.26. The first kappa shape index (κ1) is 24.6. The van der Waals surface area contributed by atoms with Gasteiger partial charge in [0.1, 0.15) is 11.8 Å². The molecule has 182 valence electrons. The van der Waals surface area contributed by atoms with Gasteiger partial charge < -0.3 is 19.9 Å². The van der Waals surface area contributed by atoms with Crippen LogP contribution in [0.3, 0.4) is 0 Å². The number of anilines is 1. The van der Waals surface area contributed by atoms with E-state index in [0.717, 1.165) is 36.5 Å².